The van der Waals surface area contributed by atoms with Crippen molar-refractivity contribution in [2.24, 2.45) is 11.8 Å². The number of carbonyl (C=O) groups is 2. The predicted molar refractivity (Wildman–Crippen MR) is 159 cm³/mol. The summed E-state index contributed by atoms with van der Waals surface area (Å²) in [6.45, 7) is 6.90. The minimum absolute atomic E-state index is 0.0372. The molecule has 2 amide bonds. The molecule has 212 valence electrons. The lowest BCUT2D eigenvalue weighted by molar-refractivity contribution is -0.142. The van der Waals surface area contributed by atoms with Gasteiger partial charge in [-0.1, -0.05) is 79.7 Å². The molecule has 6 rings (SSSR count). The van der Waals surface area contributed by atoms with E-state index in [2.05, 4.69) is 59.6 Å². The number of hydrogen-bond acceptors (Lipinski definition) is 4. The SMILES string of the molecule is CC(=O)N1[C@@H](C2CC2)[C@H](C)[C@@H](NC(=O)OCc2ccccc2)C2=CC(c3cnn(Cc4ccccc4)c3)=CCC21C. The molecule has 0 radical (unpaired) electrons. The van der Waals surface area contributed by atoms with Crippen LogP contribution < -0.4 is 5.32 Å². The van der Waals surface area contributed by atoms with Crippen molar-refractivity contribution in [1.29, 1.82) is 0 Å². The molecule has 1 aromatic heterocycles. The number of nitrogens with one attached hydrogen (secondary N) is 1. The summed E-state index contributed by atoms with van der Waals surface area (Å²) in [6, 6.07) is 19.8. The molecular formula is C34H38N4O3. The molecule has 7 heteroatoms. The first-order valence-electron chi connectivity index (χ1n) is 14.6. The molecule has 41 heavy (non-hydrogen) atoms. The summed E-state index contributed by atoms with van der Waals surface area (Å²) >= 11 is 0. The number of carbonyl (C=O) groups excluding carboxylic acids is 2. The summed E-state index contributed by atoms with van der Waals surface area (Å²) in [4.78, 5) is 28.5. The second-order valence-corrected chi connectivity index (χ2v) is 11.9. The van der Waals surface area contributed by atoms with Gasteiger partial charge in [-0.15, -0.1) is 0 Å². The molecule has 1 unspecified atom stereocenters. The van der Waals surface area contributed by atoms with E-state index in [1.807, 2.05) is 59.4 Å². The highest BCUT2D eigenvalue weighted by Crippen LogP contribution is 2.51. The number of aromatic nitrogens is 2. The number of alkyl carbamates (subject to hydrolysis) is 1. The lowest BCUT2D eigenvalue weighted by Crippen LogP contribution is -2.68. The van der Waals surface area contributed by atoms with Crippen LogP contribution >= 0.6 is 0 Å². The normalized spacial score (nSPS) is 25.5. The van der Waals surface area contributed by atoms with Crippen molar-refractivity contribution in [1.82, 2.24) is 20.0 Å². The standard InChI is InChI=1S/C34H38N4O3/c1-23-31(36-33(40)41-22-26-12-8-5-9-13-26)30-18-28(29-19-35-37(21-29)20-25-10-6-4-7-11-25)16-17-34(30,3)38(24(2)39)32(23)27-14-15-27/h4-13,16,18-19,21,23,27,31-32H,14-15,17,20,22H2,1-3H3,(H,36,40)/t23-,31-,32-,34?/m1/s1. The number of hydrogen-bond donors (Lipinski definition) is 1. The number of amides is 2. The number of nitrogens with zero attached hydrogens (tertiary/aromatic N) is 3. The number of piperidine rings is 1. The maximum absolute atomic E-state index is 13.2. The van der Waals surface area contributed by atoms with Crippen LogP contribution in [0.25, 0.3) is 5.57 Å². The first kappa shape index (κ1) is 27.1. The van der Waals surface area contributed by atoms with Crippen LogP contribution in [-0.4, -0.2) is 44.3 Å². The van der Waals surface area contributed by atoms with Gasteiger partial charge >= 0.3 is 6.09 Å². The first-order valence-corrected chi connectivity index (χ1v) is 14.6. The van der Waals surface area contributed by atoms with Crippen molar-refractivity contribution in [2.75, 3.05) is 0 Å². The molecule has 3 aliphatic rings. The zero-order valence-electron chi connectivity index (χ0n) is 24.0. The van der Waals surface area contributed by atoms with E-state index in [4.69, 9.17) is 4.74 Å². The molecule has 7 nitrogen and oxygen atoms in total. The average Bonchev–Trinajstić information content (AvgIpc) is 3.71. The first-order chi connectivity index (χ1) is 19.8. The predicted octanol–water partition coefficient (Wildman–Crippen LogP) is 5.98. The maximum atomic E-state index is 13.2. The number of ether oxygens (including phenoxy) is 1. The highest BCUT2D eigenvalue weighted by atomic mass is 16.5. The molecule has 2 heterocycles. The summed E-state index contributed by atoms with van der Waals surface area (Å²) in [5, 5.41) is 7.85. The van der Waals surface area contributed by atoms with E-state index in [-0.39, 0.29) is 30.5 Å². The molecule has 0 spiro atoms. The summed E-state index contributed by atoms with van der Waals surface area (Å²) in [5.74, 6) is 0.577. The van der Waals surface area contributed by atoms with Crippen LogP contribution in [-0.2, 0) is 22.7 Å². The molecule has 2 aromatic carbocycles. The highest BCUT2D eigenvalue weighted by molar-refractivity contribution is 5.81. The Hall–Kier alpha value is -4.13. The van der Waals surface area contributed by atoms with Crippen LogP contribution in [0.3, 0.4) is 0 Å². The van der Waals surface area contributed by atoms with Gasteiger partial charge < -0.3 is 15.0 Å². The largest absolute Gasteiger partial charge is 0.445 e. The molecule has 1 saturated carbocycles. The molecule has 1 aliphatic heterocycles. The summed E-state index contributed by atoms with van der Waals surface area (Å²) in [6.07, 6.45) is 10.8. The van der Waals surface area contributed by atoms with Crippen LogP contribution in [0.4, 0.5) is 4.79 Å². The summed E-state index contributed by atoms with van der Waals surface area (Å²) < 4.78 is 7.61. The Labute approximate surface area is 241 Å². The average molecular weight is 551 g/mol. The van der Waals surface area contributed by atoms with Crippen molar-refractivity contribution in [3.8, 4) is 0 Å². The second kappa shape index (κ2) is 11.0. The number of fused-ring (bicyclic) bond motifs is 1. The van der Waals surface area contributed by atoms with Crippen molar-refractivity contribution in [3.63, 3.8) is 0 Å². The fraction of sp³-hybridized carbons (Fsp3) is 0.382. The van der Waals surface area contributed by atoms with Gasteiger partial charge in [-0.2, -0.15) is 5.10 Å². The van der Waals surface area contributed by atoms with Gasteiger partial charge in [0, 0.05) is 30.6 Å². The Morgan fingerprint density at radius 1 is 1.05 bits per heavy atom. The van der Waals surface area contributed by atoms with Crippen LogP contribution in [0.2, 0.25) is 0 Å². The Morgan fingerprint density at radius 2 is 1.73 bits per heavy atom. The van der Waals surface area contributed by atoms with E-state index in [9.17, 15) is 9.59 Å². The minimum atomic E-state index is -0.535. The number of rotatable bonds is 7. The zero-order valence-corrected chi connectivity index (χ0v) is 24.0. The smallest absolute Gasteiger partial charge is 0.407 e. The number of benzene rings is 2. The Morgan fingerprint density at radius 3 is 2.39 bits per heavy atom. The van der Waals surface area contributed by atoms with Gasteiger partial charge in [-0.25, -0.2) is 4.79 Å². The van der Waals surface area contributed by atoms with Crippen molar-refractivity contribution in [2.45, 2.75) is 70.8 Å². The van der Waals surface area contributed by atoms with Crippen molar-refractivity contribution < 1.29 is 14.3 Å². The lowest BCUT2D eigenvalue weighted by Gasteiger charge is -2.57. The third kappa shape index (κ3) is 5.45. The highest BCUT2D eigenvalue weighted by Gasteiger charge is 2.56. The third-order valence-corrected chi connectivity index (χ3v) is 8.97. The van der Waals surface area contributed by atoms with E-state index in [1.165, 1.54) is 5.56 Å². The topological polar surface area (TPSA) is 76.5 Å². The molecule has 1 saturated heterocycles. The van der Waals surface area contributed by atoms with E-state index in [0.29, 0.717) is 18.9 Å². The van der Waals surface area contributed by atoms with Crippen molar-refractivity contribution >= 4 is 17.6 Å². The van der Waals surface area contributed by atoms with Gasteiger partial charge in [-0.05, 0) is 54.4 Å². The molecule has 2 fully saturated rings. The van der Waals surface area contributed by atoms with E-state index < -0.39 is 11.6 Å². The second-order valence-electron chi connectivity index (χ2n) is 11.9. The monoisotopic (exact) mass is 550 g/mol. The van der Waals surface area contributed by atoms with Crippen LogP contribution in [0.15, 0.2) is 90.8 Å². The van der Waals surface area contributed by atoms with E-state index >= 15 is 0 Å². The number of allylic oxidation sites excluding steroid dienone is 2. The molecule has 4 atom stereocenters. The van der Waals surface area contributed by atoms with Gasteiger partial charge in [0.25, 0.3) is 0 Å². The van der Waals surface area contributed by atoms with E-state index in [1.54, 1.807) is 6.92 Å². The van der Waals surface area contributed by atoms with Gasteiger partial charge in [0.15, 0.2) is 0 Å². The summed E-state index contributed by atoms with van der Waals surface area (Å²) in [7, 11) is 0. The maximum Gasteiger partial charge on any atom is 0.407 e. The van der Waals surface area contributed by atoms with Gasteiger partial charge in [0.05, 0.1) is 24.3 Å². The fourth-order valence-electron chi connectivity index (χ4n) is 6.82. The Bertz CT molecular complexity index is 1470. The van der Waals surface area contributed by atoms with E-state index in [0.717, 1.165) is 35.1 Å². The summed E-state index contributed by atoms with van der Waals surface area (Å²) in [5.41, 5.74) is 4.72. The van der Waals surface area contributed by atoms with Crippen LogP contribution in [0.5, 0.6) is 0 Å². The Kier molecular flexibility index (Phi) is 7.28. The zero-order chi connectivity index (χ0) is 28.6. The lowest BCUT2D eigenvalue weighted by atomic mass is 9.66. The molecule has 1 N–H and O–H groups in total. The molecule has 3 aromatic rings. The quantitative estimate of drug-likeness (QED) is 0.393. The van der Waals surface area contributed by atoms with Gasteiger partial charge in [0.1, 0.15) is 6.61 Å². The van der Waals surface area contributed by atoms with Crippen LogP contribution in [0.1, 0.15) is 56.7 Å². The molecular weight excluding hydrogens is 512 g/mol. The van der Waals surface area contributed by atoms with Gasteiger partial charge in [0.2, 0.25) is 5.91 Å². The van der Waals surface area contributed by atoms with Gasteiger partial charge in [-0.3, -0.25) is 9.48 Å². The third-order valence-electron chi connectivity index (χ3n) is 8.97. The minimum Gasteiger partial charge on any atom is -0.445 e. The van der Waals surface area contributed by atoms with Crippen molar-refractivity contribution in [3.05, 3.63) is 107 Å². The molecule has 2 aliphatic carbocycles. The van der Waals surface area contributed by atoms with Crippen LogP contribution in [0, 0.1) is 11.8 Å². The fourth-order valence-corrected chi connectivity index (χ4v) is 6.82. The number of likely N-dealkylation sites (tertiary alicyclic amines) is 1. The Balaban J connectivity index is 1.30. The molecule has 0 bridgehead atoms.